The molecule has 2 aliphatic heterocycles. The average Bonchev–Trinajstić information content (AvgIpc) is 3.44. The summed E-state index contributed by atoms with van der Waals surface area (Å²) in [5, 5.41) is 9.32. The molecule has 2 aliphatic rings. The lowest BCUT2D eigenvalue weighted by Gasteiger charge is -2.53. The van der Waals surface area contributed by atoms with Crippen molar-refractivity contribution in [3.05, 3.63) is 65.7 Å². The zero-order valence-electron chi connectivity index (χ0n) is 17.5. The van der Waals surface area contributed by atoms with E-state index < -0.39 is 0 Å². The van der Waals surface area contributed by atoms with Crippen LogP contribution in [0, 0.1) is 18.7 Å². The SMILES string of the molecule is Cc1ccc(-n2nccn2)c(C(=O)N2C[C@H]3CCN(c4nc5ccc(F)cc5s4)C[C@H]32)c1. The van der Waals surface area contributed by atoms with Gasteiger partial charge in [-0.25, -0.2) is 9.37 Å². The Hall–Kier alpha value is -3.33. The van der Waals surface area contributed by atoms with E-state index in [2.05, 4.69) is 15.1 Å². The number of likely N-dealkylation sites (tertiary alicyclic amines) is 1. The van der Waals surface area contributed by atoms with Crippen LogP contribution in [0.1, 0.15) is 22.3 Å². The van der Waals surface area contributed by atoms with Gasteiger partial charge < -0.3 is 9.80 Å². The molecule has 4 heterocycles. The third kappa shape index (κ3) is 3.15. The third-order valence-electron chi connectivity index (χ3n) is 6.44. The topological polar surface area (TPSA) is 67.2 Å². The largest absolute Gasteiger partial charge is 0.346 e. The summed E-state index contributed by atoms with van der Waals surface area (Å²) in [6.45, 7) is 4.38. The van der Waals surface area contributed by atoms with Crippen LogP contribution in [0.5, 0.6) is 0 Å². The van der Waals surface area contributed by atoms with Crippen molar-refractivity contribution < 1.29 is 9.18 Å². The summed E-state index contributed by atoms with van der Waals surface area (Å²) in [7, 11) is 0. The number of aromatic nitrogens is 4. The van der Waals surface area contributed by atoms with Crippen molar-refractivity contribution in [2.75, 3.05) is 24.5 Å². The van der Waals surface area contributed by atoms with Crippen LogP contribution in [0.25, 0.3) is 15.9 Å². The molecule has 0 N–H and O–H groups in total. The number of nitrogens with zero attached hydrogens (tertiary/aromatic N) is 6. The van der Waals surface area contributed by atoms with Crippen LogP contribution in [-0.2, 0) is 0 Å². The predicted octanol–water partition coefficient (Wildman–Crippen LogP) is 3.68. The number of amides is 1. The van der Waals surface area contributed by atoms with Gasteiger partial charge in [0.2, 0.25) is 0 Å². The van der Waals surface area contributed by atoms with Crippen molar-refractivity contribution in [3.63, 3.8) is 0 Å². The van der Waals surface area contributed by atoms with Gasteiger partial charge in [0.1, 0.15) is 5.82 Å². The number of fused-ring (bicyclic) bond motifs is 2. The van der Waals surface area contributed by atoms with Gasteiger partial charge in [0.25, 0.3) is 5.91 Å². The number of hydrogen-bond acceptors (Lipinski definition) is 6. The van der Waals surface area contributed by atoms with Gasteiger partial charge in [-0.3, -0.25) is 4.79 Å². The monoisotopic (exact) mass is 448 g/mol. The van der Waals surface area contributed by atoms with Crippen LogP contribution in [0.15, 0.2) is 48.8 Å². The van der Waals surface area contributed by atoms with Gasteiger partial charge in [0.15, 0.2) is 5.13 Å². The predicted molar refractivity (Wildman–Crippen MR) is 121 cm³/mol. The number of thiazole rings is 1. The number of carbonyl (C=O) groups excluding carboxylic acids is 1. The Morgan fingerprint density at radius 2 is 1.97 bits per heavy atom. The number of anilines is 1. The van der Waals surface area contributed by atoms with Crippen LogP contribution in [0.2, 0.25) is 0 Å². The molecule has 6 rings (SSSR count). The summed E-state index contributed by atoms with van der Waals surface area (Å²) >= 11 is 1.51. The Bertz CT molecular complexity index is 1320. The first-order chi connectivity index (χ1) is 15.6. The zero-order valence-corrected chi connectivity index (χ0v) is 18.3. The highest BCUT2D eigenvalue weighted by Gasteiger charge is 2.46. The Kier molecular flexibility index (Phi) is 4.46. The van der Waals surface area contributed by atoms with E-state index in [1.807, 2.05) is 30.0 Å². The maximum Gasteiger partial charge on any atom is 0.256 e. The second-order valence-corrected chi connectivity index (χ2v) is 9.48. The molecule has 2 atom stereocenters. The van der Waals surface area contributed by atoms with E-state index in [1.54, 1.807) is 18.5 Å². The van der Waals surface area contributed by atoms with Crippen molar-refractivity contribution in [1.29, 1.82) is 0 Å². The number of halogens is 1. The zero-order chi connectivity index (χ0) is 21.8. The molecule has 0 unspecified atom stereocenters. The Labute approximate surface area is 188 Å². The van der Waals surface area contributed by atoms with Gasteiger partial charge in [0.05, 0.1) is 39.9 Å². The van der Waals surface area contributed by atoms with E-state index >= 15 is 0 Å². The molecule has 0 saturated carbocycles. The summed E-state index contributed by atoms with van der Waals surface area (Å²) in [5.41, 5.74) is 3.14. The molecule has 7 nitrogen and oxygen atoms in total. The second-order valence-electron chi connectivity index (χ2n) is 8.47. The quantitative estimate of drug-likeness (QED) is 0.478. The van der Waals surface area contributed by atoms with Crippen molar-refractivity contribution in [3.8, 4) is 5.69 Å². The minimum atomic E-state index is -0.247. The van der Waals surface area contributed by atoms with Crippen LogP contribution in [-0.4, -0.2) is 56.5 Å². The highest BCUT2D eigenvalue weighted by molar-refractivity contribution is 7.22. The molecule has 2 saturated heterocycles. The fraction of sp³-hybridized carbons (Fsp3) is 0.304. The third-order valence-corrected chi connectivity index (χ3v) is 7.52. The summed E-state index contributed by atoms with van der Waals surface area (Å²) in [5.74, 6) is 0.261. The number of rotatable bonds is 3. The summed E-state index contributed by atoms with van der Waals surface area (Å²) < 4.78 is 14.4. The molecule has 162 valence electrons. The molecule has 4 aromatic rings. The highest BCUT2D eigenvalue weighted by atomic mass is 32.1. The molecule has 2 aromatic carbocycles. The van der Waals surface area contributed by atoms with Gasteiger partial charge in [-0.15, -0.1) is 0 Å². The molecule has 9 heteroatoms. The van der Waals surface area contributed by atoms with Crippen LogP contribution in [0.4, 0.5) is 9.52 Å². The van der Waals surface area contributed by atoms with Gasteiger partial charge in [-0.1, -0.05) is 23.0 Å². The van der Waals surface area contributed by atoms with Gasteiger partial charge >= 0.3 is 0 Å². The number of hydrogen-bond donors (Lipinski definition) is 0. The lowest BCUT2D eigenvalue weighted by Crippen LogP contribution is -2.65. The van der Waals surface area contributed by atoms with E-state index in [-0.39, 0.29) is 17.8 Å². The van der Waals surface area contributed by atoms with Crippen LogP contribution >= 0.6 is 11.3 Å². The van der Waals surface area contributed by atoms with Crippen molar-refractivity contribution >= 4 is 32.6 Å². The second kappa shape index (κ2) is 7.37. The lowest BCUT2D eigenvalue weighted by atomic mass is 9.82. The normalized spacial score (nSPS) is 20.3. The van der Waals surface area contributed by atoms with Gasteiger partial charge in [-0.05, 0) is 43.7 Å². The Morgan fingerprint density at radius 3 is 2.81 bits per heavy atom. The molecule has 2 aromatic heterocycles. The molecule has 0 radical (unpaired) electrons. The molecule has 0 aliphatic carbocycles. The first-order valence-corrected chi connectivity index (χ1v) is 11.5. The van der Waals surface area contributed by atoms with E-state index in [1.165, 1.54) is 28.3 Å². The first kappa shape index (κ1) is 19.4. The standard InChI is InChI=1S/C23H21FN6OS/c1-14-2-5-19(30-25-7-8-26-30)17(10-14)22(31)29-12-15-6-9-28(13-20(15)29)23-27-18-4-3-16(24)11-21(18)32-23/h2-5,7-8,10-11,15,20H,6,9,12-13H2,1H3/t15-,20-/m1/s1. The summed E-state index contributed by atoms with van der Waals surface area (Å²) in [6.07, 6.45) is 4.23. The first-order valence-electron chi connectivity index (χ1n) is 10.7. The lowest BCUT2D eigenvalue weighted by molar-refractivity contribution is 0.00788. The van der Waals surface area contributed by atoms with Crippen molar-refractivity contribution in [1.82, 2.24) is 24.9 Å². The summed E-state index contributed by atoms with van der Waals surface area (Å²) in [6, 6.07) is 10.6. The van der Waals surface area contributed by atoms with Crippen molar-refractivity contribution in [2.45, 2.75) is 19.4 Å². The fourth-order valence-electron chi connectivity index (χ4n) is 4.72. The highest BCUT2D eigenvalue weighted by Crippen LogP contribution is 2.38. The van der Waals surface area contributed by atoms with Gasteiger partial charge in [0, 0.05) is 25.6 Å². The fourth-order valence-corrected chi connectivity index (χ4v) is 5.74. The number of aryl methyl sites for hydroxylation is 1. The maximum absolute atomic E-state index is 13.6. The average molecular weight is 449 g/mol. The Balaban J connectivity index is 1.26. The minimum absolute atomic E-state index is 0.00970. The van der Waals surface area contributed by atoms with E-state index in [9.17, 15) is 9.18 Å². The van der Waals surface area contributed by atoms with Gasteiger partial charge in [-0.2, -0.15) is 15.0 Å². The molecule has 0 bridgehead atoms. The van der Waals surface area contributed by atoms with Crippen LogP contribution < -0.4 is 4.90 Å². The van der Waals surface area contributed by atoms with Crippen molar-refractivity contribution in [2.24, 2.45) is 5.92 Å². The molecule has 0 spiro atoms. The molecule has 2 fully saturated rings. The molecule has 32 heavy (non-hydrogen) atoms. The summed E-state index contributed by atoms with van der Waals surface area (Å²) in [4.78, 5) is 24.0. The minimum Gasteiger partial charge on any atom is -0.346 e. The van der Waals surface area contributed by atoms with E-state index in [4.69, 9.17) is 4.98 Å². The smallest absolute Gasteiger partial charge is 0.256 e. The number of benzene rings is 2. The van der Waals surface area contributed by atoms with Crippen LogP contribution in [0.3, 0.4) is 0 Å². The Morgan fingerprint density at radius 1 is 1.12 bits per heavy atom. The maximum atomic E-state index is 13.6. The molecular formula is C23H21FN6OS. The molecular weight excluding hydrogens is 427 g/mol. The van der Waals surface area contributed by atoms with E-state index in [0.717, 1.165) is 47.0 Å². The number of piperidine rings is 1. The number of carbonyl (C=O) groups is 1. The molecule has 1 amide bonds. The van der Waals surface area contributed by atoms with E-state index in [0.29, 0.717) is 17.2 Å².